The third kappa shape index (κ3) is 37.2. The Hall–Kier alpha value is -1.70. The second kappa shape index (κ2) is 33.4. The molecule has 4 atom stereocenters. The number of ether oxygens (including phenoxy) is 2. The topological polar surface area (TPSA) is 216 Å². The summed E-state index contributed by atoms with van der Waals surface area (Å²) in [5, 5.41) is 19.9. The lowest BCUT2D eigenvalue weighted by Crippen LogP contribution is -2.30. The van der Waals surface area contributed by atoms with E-state index < -0.39 is 72.3 Å². The molecule has 2 unspecified atom stereocenters. The molecule has 0 aliphatic heterocycles. The smallest absolute Gasteiger partial charge is 0.462 e. The maximum atomic E-state index is 12.5. The van der Waals surface area contributed by atoms with Crippen molar-refractivity contribution >= 4 is 27.6 Å². The fourth-order valence-electron chi connectivity index (χ4n) is 5.01. The molecule has 316 valence electrons. The van der Waals surface area contributed by atoms with Gasteiger partial charge in [-0.2, -0.15) is 0 Å². The Morgan fingerprint density at radius 2 is 1.26 bits per heavy atom. The van der Waals surface area contributed by atoms with E-state index in [0.29, 0.717) is 25.2 Å². The summed E-state index contributed by atoms with van der Waals surface area (Å²) in [6, 6.07) is 0. The SMILES string of the molecule is CCCCCCCC/C=C/C/C=C/C=C/C(O)CCCC(=O)OC[C@H](COP(=O)(O)OC[C@@H](O)COP(=O)(O)O)OC(=O)CCCCCCCCC(C)C. The number of unbranched alkanes of at least 4 members (excludes halogenated alkanes) is 11. The van der Waals surface area contributed by atoms with Gasteiger partial charge >= 0.3 is 27.6 Å². The van der Waals surface area contributed by atoms with Crippen LogP contribution in [0.2, 0.25) is 0 Å². The van der Waals surface area contributed by atoms with Gasteiger partial charge in [-0.3, -0.25) is 23.2 Å². The van der Waals surface area contributed by atoms with Gasteiger partial charge in [-0.1, -0.05) is 128 Å². The molecule has 0 aliphatic carbocycles. The standard InChI is InChI=1S/C38H70O14P2/c1-4-5-6-7-8-9-10-11-12-13-14-18-21-25-34(39)26-23-28-37(41)48-31-36(52-38(42)27-22-19-16-15-17-20-24-33(2)3)32-51-54(46,47)50-30-35(40)29-49-53(43,44)45/h11-12,14,18,21,25,33-36,39-40H,4-10,13,15-17,19-20,22-24,26-32H2,1-3H3,(H,46,47)(H2,43,44,45)/b12-11+,18-14+,25-21+/t34?,35-,36+/m0/s1. The van der Waals surface area contributed by atoms with Crippen LogP contribution in [-0.4, -0.2) is 81.6 Å². The van der Waals surface area contributed by atoms with Gasteiger partial charge in [0.1, 0.15) is 12.7 Å². The van der Waals surface area contributed by atoms with Gasteiger partial charge in [0.2, 0.25) is 0 Å². The molecule has 0 fully saturated rings. The molecule has 5 N–H and O–H groups in total. The molecular weight excluding hydrogens is 742 g/mol. The van der Waals surface area contributed by atoms with E-state index >= 15 is 0 Å². The van der Waals surface area contributed by atoms with Crippen LogP contribution in [0, 0.1) is 5.92 Å². The van der Waals surface area contributed by atoms with E-state index in [9.17, 15) is 33.8 Å². The third-order valence-corrected chi connectivity index (χ3v) is 9.49. The van der Waals surface area contributed by atoms with Crippen molar-refractivity contribution in [2.75, 3.05) is 26.4 Å². The van der Waals surface area contributed by atoms with Crippen LogP contribution in [0.1, 0.15) is 143 Å². The van der Waals surface area contributed by atoms with Gasteiger partial charge in [0, 0.05) is 12.8 Å². The Morgan fingerprint density at radius 1 is 0.648 bits per heavy atom. The van der Waals surface area contributed by atoms with E-state index in [4.69, 9.17) is 23.8 Å². The summed E-state index contributed by atoms with van der Waals surface area (Å²) in [6.45, 7) is 3.70. The van der Waals surface area contributed by atoms with E-state index in [0.717, 1.165) is 38.5 Å². The highest BCUT2D eigenvalue weighted by molar-refractivity contribution is 7.47. The lowest BCUT2D eigenvalue weighted by atomic mass is 10.0. The maximum absolute atomic E-state index is 12.5. The Morgan fingerprint density at radius 3 is 1.94 bits per heavy atom. The zero-order valence-corrected chi connectivity index (χ0v) is 34.6. The summed E-state index contributed by atoms with van der Waals surface area (Å²) in [6.07, 6.45) is 25.1. The molecule has 16 heteroatoms. The lowest BCUT2D eigenvalue weighted by Gasteiger charge is -2.20. The number of aliphatic hydroxyl groups excluding tert-OH is 2. The molecular formula is C38H70O14P2. The third-order valence-electron chi connectivity index (χ3n) is 8.05. The first kappa shape index (κ1) is 52.3. The first-order valence-corrected chi connectivity index (χ1v) is 22.7. The van der Waals surface area contributed by atoms with Crippen LogP contribution in [0.15, 0.2) is 36.5 Å². The summed E-state index contributed by atoms with van der Waals surface area (Å²) in [5.41, 5.74) is 0. The van der Waals surface area contributed by atoms with E-state index in [1.165, 1.54) is 51.4 Å². The fourth-order valence-corrected chi connectivity index (χ4v) is 6.17. The van der Waals surface area contributed by atoms with Crippen molar-refractivity contribution in [2.24, 2.45) is 5.92 Å². The van der Waals surface area contributed by atoms with Crippen molar-refractivity contribution in [1.29, 1.82) is 0 Å². The molecule has 0 heterocycles. The number of carbonyl (C=O) groups is 2. The van der Waals surface area contributed by atoms with E-state index in [2.05, 4.69) is 42.0 Å². The largest absolute Gasteiger partial charge is 0.472 e. The van der Waals surface area contributed by atoms with Gasteiger partial charge in [-0.15, -0.1) is 0 Å². The number of hydrogen-bond donors (Lipinski definition) is 5. The van der Waals surface area contributed by atoms with Crippen molar-refractivity contribution in [2.45, 2.75) is 161 Å². The van der Waals surface area contributed by atoms with Crippen LogP contribution in [0.5, 0.6) is 0 Å². The summed E-state index contributed by atoms with van der Waals surface area (Å²) in [5.74, 6) is -0.561. The Balaban J connectivity index is 4.71. The predicted molar refractivity (Wildman–Crippen MR) is 208 cm³/mol. The number of hydrogen-bond acceptors (Lipinski definition) is 11. The highest BCUT2D eigenvalue weighted by Crippen LogP contribution is 2.43. The Kier molecular flexibility index (Phi) is 32.4. The minimum absolute atomic E-state index is 0.0288. The average Bonchev–Trinajstić information content (AvgIpc) is 3.10. The zero-order valence-electron chi connectivity index (χ0n) is 32.8. The zero-order chi connectivity index (χ0) is 40.5. The molecule has 0 aromatic heterocycles. The van der Waals surface area contributed by atoms with Crippen molar-refractivity contribution < 1.29 is 66.7 Å². The van der Waals surface area contributed by atoms with Gasteiger partial charge in [0.25, 0.3) is 0 Å². The molecule has 0 spiro atoms. The maximum Gasteiger partial charge on any atom is 0.472 e. The fraction of sp³-hybridized carbons (Fsp3) is 0.789. The summed E-state index contributed by atoms with van der Waals surface area (Å²) < 4.78 is 47.4. The number of phosphoric ester groups is 2. The second-order valence-electron chi connectivity index (χ2n) is 13.9. The number of phosphoric acid groups is 2. The van der Waals surface area contributed by atoms with Crippen LogP contribution in [0.3, 0.4) is 0 Å². The number of allylic oxidation sites excluding steroid dienone is 5. The predicted octanol–water partition coefficient (Wildman–Crippen LogP) is 8.16. The van der Waals surface area contributed by atoms with Crippen LogP contribution in [0.25, 0.3) is 0 Å². The monoisotopic (exact) mass is 812 g/mol. The first-order valence-electron chi connectivity index (χ1n) is 19.6. The quantitative estimate of drug-likeness (QED) is 0.0133. The first-order chi connectivity index (χ1) is 25.6. The second-order valence-corrected chi connectivity index (χ2v) is 16.6. The molecule has 0 amide bonds. The highest BCUT2D eigenvalue weighted by Gasteiger charge is 2.28. The lowest BCUT2D eigenvalue weighted by molar-refractivity contribution is -0.161. The summed E-state index contributed by atoms with van der Waals surface area (Å²) in [4.78, 5) is 52.4. The molecule has 0 bridgehead atoms. The molecule has 0 aromatic rings. The van der Waals surface area contributed by atoms with Crippen LogP contribution in [0.4, 0.5) is 0 Å². The molecule has 14 nitrogen and oxygen atoms in total. The van der Waals surface area contributed by atoms with Gasteiger partial charge < -0.3 is 34.4 Å². The average molecular weight is 813 g/mol. The van der Waals surface area contributed by atoms with E-state index in [-0.39, 0.29) is 12.8 Å². The molecule has 0 saturated carbocycles. The number of aliphatic hydroxyl groups is 2. The minimum Gasteiger partial charge on any atom is -0.462 e. The molecule has 0 aliphatic rings. The molecule has 0 aromatic carbocycles. The van der Waals surface area contributed by atoms with Gasteiger partial charge in [0.15, 0.2) is 6.10 Å². The Labute approximate surface area is 323 Å². The summed E-state index contributed by atoms with van der Waals surface area (Å²) >= 11 is 0. The van der Waals surface area contributed by atoms with E-state index in [1.54, 1.807) is 12.2 Å². The number of esters is 2. The molecule has 0 radical (unpaired) electrons. The molecule has 0 saturated heterocycles. The molecule has 54 heavy (non-hydrogen) atoms. The molecule has 0 rings (SSSR count). The Bertz CT molecular complexity index is 1140. The number of carbonyl (C=O) groups excluding carboxylic acids is 2. The van der Waals surface area contributed by atoms with Crippen molar-refractivity contribution in [3.63, 3.8) is 0 Å². The number of rotatable bonds is 36. The van der Waals surface area contributed by atoms with Gasteiger partial charge in [0.05, 0.1) is 25.9 Å². The highest BCUT2D eigenvalue weighted by atomic mass is 31.2. The van der Waals surface area contributed by atoms with Crippen molar-refractivity contribution in [1.82, 2.24) is 0 Å². The van der Waals surface area contributed by atoms with Crippen LogP contribution >= 0.6 is 15.6 Å². The van der Waals surface area contributed by atoms with E-state index in [1.807, 2.05) is 12.2 Å². The van der Waals surface area contributed by atoms with Crippen LogP contribution in [-0.2, 0) is 41.8 Å². The van der Waals surface area contributed by atoms with Gasteiger partial charge in [-0.05, 0) is 44.4 Å². The van der Waals surface area contributed by atoms with Crippen LogP contribution < -0.4 is 0 Å². The minimum atomic E-state index is -4.88. The van der Waals surface area contributed by atoms with Crippen molar-refractivity contribution in [3.8, 4) is 0 Å². The van der Waals surface area contributed by atoms with Crippen molar-refractivity contribution in [3.05, 3.63) is 36.5 Å². The van der Waals surface area contributed by atoms with Gasteiger partial charge in [-0.25, -0.2) is 9.13 Å². The summed E-state index contributed by atoms with van der Waals surface area (Å²) in [7, 11) is -9.72. The normalized spacial score (nSPS) is 15.3.